The van der Waals surface area contributed by atoms with Crippen LogP contribution in [0.2, 0.25) is 0 Å². The number of fused-ring (bicyclic) bond motifs is 3. The fraction of sp³-hybridized carbons (Fsp3) is 0.360. The summed E-state index contributed by atoms with van der Waals surface area (Å²) < 4.78 is 0. The molecule has 1 aliphatic carbocycles. The summed E-state index contributed by atoms with van der Waals surface area (Å²) in [6, 6.07) is 11.0. The van der Waals surface area contributed by atoms with Crippen molar-refractivity contribution in [3.63, 3.8) is 0 Å². The lowest BCUT2D eigenvalue weighted by Crippen LogP contribution is -2.55. The first-order valence-electron chi connectivity index (χ1n) is 11.0. The van der Waals surface area contributed by atoms with Crippen LogP contribution in [0.25, 0.3) is 11.1 Å². The summed E-state index contributed by atoms with van der Waals surface area (Å²) in [5.41, 5.74) is 8.19. The number of hydrogen-bond acceptors (Lipinski definition) is 4. The van der Waals surface area contributed by atoms with Gasteiger partial charge in [-0.1, -0.05) is 56.7 Å². The lowest BCUT2D eigenvalue weighted by Gasteiger charge is -2.30. The van der Waals surface area contributed by atoms with E-state index in [9.17, 15) is 19.2 Å². The summed E-state index contributed by atoms with van der Waals surface area (Å²) in [5.74, 6) is -1.67. The zero-order valence-corrected chi connectivity index (χ0v) is 18.3. The van der Waals surface area contributed by atoms with E-state index in [0.29, 0.717) is 36.9 Å². The van der Waals surface area contributed by atoms with Crippen LogP contribution < -0.4 is 11.1 Å². The number of nitrogens with one attached hydrogen (secondary N) is 1. The van der Waals surface area contributed by atoms with Crippen LogP contribution in [-0.4, -0.2) is 47.0 Å². The number of nitrogens with two attached hydrogens (primary N) is 1. The monoisotopic (exact) mass is 433 g/mol. The molecule has 7 heteroatoms. The second kappa shape index (κ2) is 8.57. The number of nitrogens with zero attached hydrogens (tertiary/aromatic N) is 1. The molecule has 32 heavy (non-hydrogen) atoms. The van der Waals surface area contributed by atoms with Crippen molar-refractivity contribution in [1.82, 2.24) is 10.2 Å². The predicted molar refractivity (Wildman–Crippen MR) is 120 cm³/mol. The molecule has 1 unspecified atom stereocenters. The van der Waals surface area contributed by atoms with Crippen LogP contribution >= 0.6 is 0 Å². The third-order valence-corrected chi connectivity index (χ3v) is 6.63. The minimum absolute atomic E-state index is 0.162. The van der Waals surface area contributed by atoms with Crippen molar-refractivity contribution in [2.75, 3.05) is 6.54 Å². The Balaban J connectivity index is 1.64. The molecule has 1 fully saturated rings. The van der Waals surface area contributed by atoms with E-state index in [1.165, 1.54) is 4.90 Å². The first-order valence-corrected chi connectivity index (χ1v) is 11.0. The molecule has 4 rings (SSSR count). The molecule has 1 heterocycles. The summed E-state index contributed by atoms with van der Waals surface area (Å²) in [5, 5.41) is 2.86. The van der Waals surface area contributed by atoms with E-state index in [1.807, 2.05) is 32.0 Å². The number of primary amides is 1. The van der Waals surface area contributed by atoms with Gasteiger partial charge in [-0.25, -0.2) is 0 Å². The van der Waals surface area contributed by atoms with E-state index in [0.717, 1.165) is 11.1 Å². The Bertz CT molecular complexity index is 1110. The van der Waals surface area contributed by atoms with Crippen molar-refractivity contribution in [2.24, 2.45) is 11.7 Å². The minimum Gasteiger partial charge on any atom is -0.368 e. The molecule has 0 saturated carbocycles. The largest absolute Gasteiger partial charge is 0.368 e. The smallest absolute Gasteiger partial charge is 0.252 e. The van der Waals surface area contributed by atoms with Gasteiger partial charge < -0.3 is 16.0 Å². The third-order valence-electron chi connectivity index (χ3n) is 6.63. The maximum absolute atomic E-state index is 13.3. The van der Waals surface area contributed by atoms with E-state index in [4.69, 9.17) is 5.73 Å². The molecule has 7 nitrogen and oxygen atoms in total. The van der Waals surface area contributed by atoms with Crippen LogP contribution in [-0.2, 0) is 9.59 Å². The number of rotatable bonds is 6. The Morgan fingerprint density at radius 1 is 1.09 bits per heavy atom. The minimum atomic E-state index is -0.817. The Morgan fingerprint density at radius 2 is 1.78 bits per heavy atom. The molecule has 0 radical (unpaired) electrons. The van der Waals surface area contributed by atoms with Gasteiger partial charge in [0.15, 0.2) is 5.78 Å². The van der Waals surface area contributed by atoms with Gasteiger partial charge in [-0.15, -0.1) is 0 Å². The van der Waals surface area contributed by atoms with Gasteiger partial charge in [0.1, 0.15) is 12.1 Å². The second-order valence-electron chi connectivity index (χ2n) is 8.53. The van der Waals surface area contributed by atoms with Gasteiger partial charge in [0.2, 0.25) is 11.8 Å². The fourth-order valence-corrected chi connectivity index (χ4v) is 4.67. The Kier molecular flexibility index (Phi) is 5.82. The number of hydrogen-bond donors (Lipinski definition) is 2. The van der Waals surface area contributed by atoms with Crippen molar-refractivity contribution in [3.05, 3.63) is 59.2 Å². The third kappa shape index (κ3) is 3.57. The first kappa shape index (κ1) is 21.7. The summed E-state index contributed by atoms with van der Waals surface area (Å²) in [7, 11) is 0. The van der Waals surface area contributed by atoms with Crippen molar-refractivity contribution >= 4 is 23.5 Å². The lowest BCUT2D eigenvalue weighted by atomic mass is 9.95. The van der Waals surface area contributed by atoms with Gasteiger partial charge in [-0.2, -0.15) is 0 Å². The van der Waals surface area contributed by atoms with Crippen LogP contribution in [0.3, 0.4) is 0 Å². The molecule has 0 aromatic heterocycles. The standard InChI is InChI=1S/C25H27N3O4/c1-3-14(2)21(25(32)28-13-7-12-19(28)23(26)30)27-24(31)18-11-6-10-16-15-8-4-5-9-17(15)22(29)20(16)18/h4-6,8-11,14,19,21H,3,7,12-13H2,1-2H3,(H2,26,30)(H,27,31)/t14-,19?,21-/m1/s1. The second-order valence-corrected chi connectivity index (χ2v) is 8.53. The normalized spacial score (nSPS) is 18.6. The Morgan fingerprint density at radius 3 is 2.47 bits per heavy atom. The summed E-state index contributed by atoms with van der Waals surface area (Å²) in [6.45, 7) is 4.26. The molecule has 3 atom stereocenters. The van der Waals surface area contributed by atoms with Gasteiger partial charge in [0.05, 0.1) is 5.56 Å². The maximum atomic E-state index is 13.3. The number of carbonyl (C=O) groups is 4. The lowest BCUT2D eigenvalue weighted by molar-refractivity contribution is -0.139. The molecule has 0 spiro atoms. The van der Waals surface area contributed by atoms with Crippen LogP contribution in [0.1, 0.15) is 59.4 Å². The topological polar surface area (TPSA) is 110 Å². The summed E-state index contributed by atoms with van der Waals surface area (Å²) in [4.78, 5) is 53.0. The van der Waals surface area contributed by atoms with Crippen molar-refractivity contribution in [3.8, 4) is 11.1 Å². The zero-order chi connectivity index (χ0) is 23.0. The van der Waals surface area contributed by atoms with E-state index >= 15 is 0 Å². The predicted octanol–water partition coefficient (Wildman–Crippen LogP) is 2.52. The quantitative estimate of drug-likeness (QED) is 0.622. The van der Waals surface area contributed by atoms with Gasteiger partial charge in [-0.3, -0.25) is 19.2 Å². The molecule has 1 saturated heterocycles. The van der Waals surface area contributed by atoms with Gasteiger partial charge >= 0.3 is 0 Å². The molecule has 0 bridgehead atoms. The highest BCUT2D eigenvalue weighted by molar-refractivity contribution is 6.25. The highest BCUT2D eigenvalue weighted by Gasteiger charge is 2.39. The van der Waals surface area contributed by atoms with E-state index in [-0.39, 0.29) is 23.2 Å². The highest BCUT2D eigenvalue weighted by Crippen LogP contribution is 2.38. The molecule has 2 aromatic carbocycles. The Hall–Kier alpha value is -3.48. The van der Waals surface area contributed by atoms with Gasteiger partial charge in [0.25, 0.3) is 5.91 Å². The molecular weight excluding hydrogens is 406 g/mol. The molecule has 1 aliphatic heterocycles. The van der Waals surface area contributed by atoms with Crippen LogP contribution in [0.4, 0.5) is 0 Å². The van der Waals surface area contributed by atoms with Crippen molar-refractivity contribution in [1.29, 1.82) is 0 Å². The molecule has 3 amide bonds. The molecule has 3 N–H and O–H groups in total. The highest BCUT2D eigenvalue weighted by atomic mass is 16.2. The molecular formula is C25H27N3O4. The molecule has 2 aliphatic rings. The Labute approximate surface area is 187 Å². The molecule has 166 valence electrons. The average molecular weight is 434 g/mol. The first-order chi connectivity index (χ1) is 15.3. The number of amides is 3. The van der Waals surface area contributed by atoms with Crippen LogP contribution in [0.5, 0.6) is 0 Å². The van der Waals surface area contributed by atoms with Crippen molar-refractivity contribution in [2.45, 2.75) is 45.2 Å². The zero-order valence-electron chi connectivity index (χ0n) is 18.3. The van der Waals surface area contributed by atoms with Crippen LogP contribution in [0.15, 0.2) is 42.5 Å². The molecule has 2 aromatic rings. The summed E-state index contributed by atoms with van der Waals surface area (Å²) >= 11 is 0. The van der Waals surface area contributed by atoms with Gasteiger partial charge in [-0.05, 0) is 36.0 Å². The summed E-state index contributed by atoms with van der Waals surface area (Å²) in [6.07, 6.45) is 1.88. The van der Waals surface area contributed by atoms with Crippen LogP contribution in [0, 0.1) is 5.92 Å². The maximum Gasteiger partial charge on any atom is 0.252 e. The van der Waals surface area contributed by atoms with E-state index in [2.05, 4.69) is 5.32 Å². The van der Waals surface area contributed by atoms with Gasteiger partial charge in [0, 0.05) is 17.7 Å². The van der Waals surface area contributed by atoms with E-state index in [1.54, 1.807) is 24.3 Å². The number of likely N-dealkylation sites (tertiary alicyclic amines) is 1. The average Bonchev–Trinajstić information content (AvgIpc) is 3.41. The SMILES string of the molecule is CC[C@@H](C)[C@@H](NC(=O)c1cccc2c1C(=O)c1ccccc1-2)C(=O)N1CCCC1C(N)=O. The fourth-order valence-electron chi connectivity index (χ4n) is 4.67. The number of benzene rings is 2. The van der Waals surface area contributed by atoms with Crippen molar-refractivity contribution < 1.29 is 19.2 Å². The number of carbonyl (C=O) groups excluding carboxylic acids is 4. The van der Waals surface area contributed by atoms with E-state index < -0.39 is 23.9 Å². The number of ketones is 1.